The fourth-order valence-electron chi connectivity index (χ4n) is 1.65. The summed E-state index contributed by atoms with van der Waals surface area (Å²) >= 11 is 0. The van der Waals surface area contributed by atoms with Gasteiger partial charge in [-0.15, -0.1) is 0 Å². The fraction of sp³-hybridized carbons (Fsp3) is 0.167. The summed E-state index contributed by atoms with van der Waals surface area (Å²) in [6, 6.07) is 2.60. The van der Waals surface area contributed by atoms with Gasteiger partial charge in [0.2, 0.25) is 10.0 Å². The number of sulfonamides is 1. The Hall–Kier alpha value is -2.26. The van der Waals surface area contributed by atoms with E-state index < -0.39 is 26.7 Å². The van der Waals surface area contributed by atoms with Gasteiger partial charge in [-0.25, -0.2) is 27.3 Å². The minimum Gasteiger partial charge on any atom is -0.478 e. The maximum Gasteiger partial charge on any atom is 0.335 e. The second-order valence-corrected chi connectivity index (χ2v) is 5.88. The number of carboxylic acids is 1. The molecule has 0 atom stereocenters. The Balaban J connectivity index is 2.15. The maximum absolute atomic E-state index is 13.6. The number of benzene rings is 1. The predicted octanol–water partition coefficient (Wildman–Crippen LogP) is 0.699. The minimum absolute atomic E-state index is 0.0232. The Morgan fingerprint density at radius 1 is 1.43 bits per heavy atom. The van der Waals surface area contributed by atoms with Crippen molar-refractivity contribution < 1.29 is 22.7 Å². The second kappa shape index (κ2) is 6.02. The molecule has 0 amide bonds. The van der Waals surface area contributed by atoms with Gasteiger partial charge in [0, 0.05) is 25.5 Å². The lowest BCUT2D eigenvalue weighted by molar-refractivity contribution is 0.0696. The van der Waals surface area contributed by atoms with Crippen LogP contribution < -0.4 is 4.72 Å². The summed E-state index contributed by atoms with van der Waals surface area (Å²) in [6.45, 7) is 0.342. The third-order valence-electron chi connectivity index (χ3n) is 2.69. The number of hydrogen-bond acceptors (Lipinski definition) is 4. The van der Waals surface area contributed by atoms with Crippen LogP contribution in [0, 0.1) is 5.82 Å². The molecule has 2 aromatic rings. The van der Waals surface area contributed by atoms with E-state index in [0.29, 0.717) is 6.54 Å². The summed E-state index contributed by atoms with van der Waals surface area (Å²) in [6.07, 6.45) is 4.71. The summed E-state index contributed by atoms with van der Waals surface area (Å²) in [4.78, 5) is 13.9. The monoisotopic (exact) mass is 313 g/mol. The number of hydrogen-bond donors (Lipinski definition) is 2. The van der Waals surface area contributed by atoms with Gasteiger partial charge in [0.1, 0.15) is 10.7 Å². The fourth-order valence-corrected chi connectivity index (χ4v) is 2.77. The molecule has 1 aromatic heterocycles. The van der Waals surface area contributed by atoms with Gasteiger partial charge in [-0.3, -0.25) is 0 Å². The number of carbonyl (C=O) groups is 1. The van der Waals surface area contributed by atoms with E-state index in [2.05, 4.69) is 9.71 Å². The first kappa shape index (κ1) is 15.1. The molecule has 0 saturated carbocycles. The Bertz CT molecular complexity index is 744. The van der Waals surface area contributed by atoms with E-state index in [1.807, 2.05) is 0 Å². The highest BCUT2D eigenvalue weighted by Crippen LogP contribution is 2.16. The number of aromatic carboxylic acids is 1. The molecule has 1 aromatic carbocycles. The summed E-state index contributed by atoms with van der Waals surface area (Å²) in [5.41, 5.74) is -0.300. The molecule has 1 heterocycles. The van der Waals surface area contributed by atoms with Crippen molar-refractivity contribution in [1.82, 2.24) is 14.3 Å². The average Bonchev–Trinajstić information content (AvgIpc) is 2.91. The van der Waals surface area contributed by atoms with Crippen LogP contribution in [0.4, 0.5) is 4.39 Å². The molecule has 0 spiro atoms. The minimum atomic E-state index is -4.12. The molecule has 0 aliphatic carbocycles. The molecule has 21 heavy (non-hydrogen) atoms. The van der Waals surface area contributed by atoms with Crippen molar-refractivity contribution in [3.05, 3.63) is 48.3 Å². The van der Waals surface area contributed by atoms with E-state index in [9.17, 15) is 17.6 Å². The van der Waals surface area contributed by atoms with Crippen LogP contribution in [-0.4, -0.2) is 35.6 Å². The Labute approximate surface area is 120 Å². The topological polar surface area (TPSA) is 101 Å². The molecular weight excluding hydrogens is 301 g/mol. The van der Waals surface area contributed by atoms with Gasteiger partial charge in [0.05, 0.1) is 11.9 Å². The van der Waals surface area contributed by atoms with Crippen LogP contribution in [0.25, 0.3) is 0 Å². The first-order valence-electron chi connectivity index (χ1n) is 5.88. The molecule has 7 nitrogen and oxygen atoms in total. The van der Waals surface area contributed by atoms with Crippen LogP contribution >= 0.6 is 0 Å². The Kier molecular flexibility index (Phi) is 4.34. The zero-order valence-corrected chi connectivity index (χ0v) is 11.5. The van der Waals surface area contributed by atoms with Gasteiger partial charge in [0.15, 0.2) is 0 Å². The molecule has 0 saturated heterocycles. The summed E-state index contributed by atoms with van der Waals surface area (Å²) in [7, 11) is -4.12. The van der Waals surface area contributed by atoms with Crippen LogP contribution in [0.1, 0.15) is 10.4 Å². The standard InChI is InChI=1S/C12H12FN3O4S/c13-10-2-1-9(12(17)18)7-11(10)21(19,20)15-4-6-16-5-3-14-8-16/h1-3,5,7-8,15H,4,6H2,(H,17,18). The molecule has 0 radical (unpaired) electrons. The summed E-state index contributed by atoms with van der Waals surface area (Å²) in [5.74, 6) is -2.33. The first-order valence-corrected chi connectivity index (χ1v) is 7.37. The van der Waals surface area contributed by atoms with Crippen LogP contribution in [0.5, 0.6) is 0 Å². The van der Waals surface area contributed by atoms with Crippen molar-refractivity contribution in [3.8, 4) is 0 Å². The zero-order chi connectivity index (χ0) is 15.5. The number of nitrogens with zero attached hydrogens (tertiary/aromatic N) is 2. The van der Waals surface area contributed by atoms with E-state index in [1.165, 1.54) is 6.33 Å². The second-order valence-electron chi connectivity index (χ2n) is 4.15. The third kappa shape index (κ3) is 3.64. The van der Waals surface area contributed by atoms with E-state index in [4.69, 9.17) is 5.11 Å². The first-order chi connectivity index (χ1) is 9.90. The Morgan fingerprint density at radius 3 is 2.81 bits per heavy atom. The van der Waals surface area contributed by atoms with Crippen molar-refractivity contribution in [1.29, 1.82) is 0 Å². The number of rotatable bonds is 6. The molecule has 2 N–H and O–H groups in total. The van der Waals surface area contributed by atoms with Gasteiger partial charge in [-0.2, -0.15) is 0 Å². The number of imidazole rings is 1. The van der Waals surface area contributed by atoms with Crippen molar-refractivity contribution in [2.75, 3.05) is 6.54 Å². The lowest BCUT2D eigenvalue weighted by Crippen LogP contribution is -2.28. The maximum atomic E-state index is 13.6. The van der Waals surface area contributed by atoms with E-state index in [0.717, 1.165) is 18.2 Å². The number of nitrogens with one attached hydrogen (secondary N) is 1. The van der Waals surface area contributed by atoms with Gasteiger partial charge in [-0.1, -0.05) is 0 Å². The van der Waals surface area contributed by atoms with Gasteiger partial charge in [0.25, 0.3) is 0 Å². The number of aromatic nitrogens is 2. The van der Waals surface area contributed by atoms with Gasteiger partial charge >= 0.3 is 5.97 Å². The smallest absolute Gasteiger partial charge is 0.335 e. The molecule has 9 heteroatoms. The molecule has 2 rings (SSSR count). The lowest BCUT2D eigenvalue weighted by Gasteiger charge is -2.08. The zero-order valence-electron chi connectivity index (χ0n) is 10.7. The number of carboxylic acid groups (broad SMARTS) is 1. The highest BCUT2D eigenvalue weighted by molar-refractivity contribution is 7.89. The van der Waals surface area contributed by atoms with Gasteiger partial charge < -0.3 is 9.67 Å². The molecule has 0 aliphatic heterocycles. The largest absolute Gasteiger partial charge is 0.478 e. The molecule has 0 fully saturated rings. The molecule has 0 bridgehead atoms. The highest BCUT2D eigenvalue weighted by atomic mass is 32.2. The summed E-state index contributed by atoms with van der Waals surface area (Å²) < 4.78 is 41.4. The van der Waals surface area contributed by atoms with Gasteiger partial charge in [-0.05, 0) is 18.2 Å². The van der Waals surface area contributed by atoms with E-state index in [-0.39, 0.29) is 12.1 Å². The SMILES string of the molecule is O=C(O)c1ccc(F)c(S(=O)(=O)NCCn2ccnc2)c1. The summed E-state index contributed by atoms with van der Waals surface area (Å²) in [5, 5.41) is 8.82. The van der Waals surface area contributed by atoms with Crippen LogP contribution in [-0.2, 0) is 16.6 Å². The van der Waals surface area contributed by atoms with Crippen molar-refractivity contribution in [3.63, 3.8) is 0 Å². The Morgan fingerprint density at radius 2 is 2.19 bits per heavy atom. The van der Waals surface area contributed by atoms with E-state index >= 15 is 0 Å². The molecule has 0 aliphatic rings. The van der Waals surface area contributed by atoms with Crippen molar-refractivity contribution in [2.45, 2.75) is 11.4 Å². The third-order valence-corrected chi connectivity index (χ3v) is 4.16. The van der Waals surface area contributed by atoms with Crippen LogP contribution in [0.15, 0.2) is 41.8 Å². The van der Waals surface area contributed by atoms with E-state index in [1.54, 1.807) is 17.0 Å². The highest BCUT2D eigenvalue weighted by Gasteiger charge is 2.20. The van der Waals surface area contributed by atoms with Crippen LogP contribution in [0.3, 0.4) is 0 Å². The quantitative estimate of drug-likeness (QED) is 0.817. The predicted molar refractivity (Wildman–Crippen MR) is 70.8 cm³/mol. The molecule has 112 valence electrons. The average molecular weight is 313 g/mol. The molecule has 0 unspecified atom stereocenters. The lowest BCUT2D eigenvalue weighted by atomic mass is 10.2. The van der Waals surface area contributed by atoms with Crippen molar-refractivity contribution >= 4 is 16.0 Å². The molecular formula is C12H12FN3O4S. The van der Waals surface area contributed by atoms with Crippen LogP contribution in [0.2, 0.25) is 0 Å². The van der Waals surface area contributed by atoms with Crippen molar-refractivity contribution in [2.24, 2.45) is 0 Å². The number of halogens is 1. The normalized spacial score (nSPS) is 11.5.